The molecule has 0 rings (SSSR count). The van der Waals surface area contributed by atoms with Crippen LogP contribution in [0.5, 0.6) is 0 Å². The molecule has 5 heteroatoms. The standard InChI is InChI=1S/C6H13ClNO2S/c1-2-3-5-8-11(9,10)6-4-7/h2-6H2,1H3. The summed E-state index contributed by atoms with van der Waals surface area (Å²) < 4.78 is 25.2. The van der Waals surface area contributed by atoms with Gasteiger partial charge in [0.1, 0.15) is 0 Å². The second-order valence-electron chi connectivity index (χ2n) is 2.18. The maximum Gasteiger partial charge on any atom is 0.229 e. The molecule has 1 radical (unpaired) electrons. The molecule has 0 spiro atoms. The third-order valence-corrected chi connectivity index (χ3v) is 2.84. The van der Waals surface area contributed by atoms with Crippen LogP contribution >= 0.6 is 11.6 Å². The number of unbranched alkanes of at least 4 members (excludes halogenated alkanes) is 1. The van der Waals surface area contributed by atoms with Crippen LogP contribution in [0.3, 0.4) is 0 Å². The summed E-state index contributed by atoms with van der Waals surface area (Å²) in [6, 6.07) is 0. The van der Waals surface area contributed by atoms with Crippen molar-refractivity contribution < 1.29 is 8.42 Å². The molecule has 0 amide bonds. The van der Waals surface area contributed by atoms with Crippen LogP contribution in [-0.4, -0.2) is 26.6 Å². The second-order valence-corrected chi connectivity index (χ2v) is 4.39. The predicted molar refractivity (Wildman–Crippen MR) is 46.4 cm³/mol. The molecule has 0 aromatic rings. The molecule has 0 aromatic carbocycles. The van der Waals surface area contributed by atoms with Gasteiger partial charge in [-0.05, 0) is 6.42 Å². The maximum absolute atomic E-state index is 10.9. The number of alkyl halides is 1. The average Bonchev–Trinajstić information content (AvgIpc) is 1.87. The van der Waals surface area contributed by atoms with Crippen molar-refractivity contribution in [1.82, 2.24) is 4.72 Å². The average molecular weight is 199 g/mol. The van der Waals surface area contributed by atoms with Crippen molar-refractivity contribution in [1.29, 1.82) is 0 Å². The molecule has 0 unspecified atom stereocenters. The summed E-state index contributed by atoms with van der Waals surface area (Å²) in [6.07, 6.45) is 1.78. The quantitative estimate of drug-likeness (QED) is 0.472. The highest BCUT2D eigenvalue weighted by atomic mass is 35.5. The summed E-state index contributed by atoms with van der Waals surface area (Å²) in [4.78, 5) is 0. The number of sulfonamides is 1. The lowest BCUT2D eigenvalue weighted by atomic mass is 10.3. The molecule has 0 N–H and O–H groups in total. The van der Waals surface area contributed by atoms with Crippen LogP contribution in [0.2, 0.25) is 0 Å². The molecular formula is C6H13ClNO2S. The van der Waals surface area contributed by atoms with Gasteiger partial charge in [-0.1, -0.05) is 13.3 Å². The molecular weight excluding hydrogens is 186 g/mol. The third-order valence-electron chi connectivity index (χ3n) is 1.13. The van der Waals surface area contributed by atoms with Crippen LogP contribution in [0.15, 0.2) is 0 Å². The number of halogens is 1. The smallest absolute Gasteiger partial charge is 0.211 e. The molecule has 0 bridgehead atoms. The molecule has 0 aliphatic heterocycles. The van der Waals surface area contributed by atoms with Gasteiger partial charge in [-0.2, -0.15) is 0 Å². The molecule has 0 heterocycles. The van der Waals surface area contributed by atoms with Gasteiger partial charge >= 0.3 is 0 Å². The molecule has 0 atom stereocenters. The summed E-state index contributed by atoms with van der Waals surface area (Å²) in [6.45, 7) is 2.39. The van der Waals surface area contributed by atoms with Gasteiger partial charge in [-0.15, -0.1) is 16.3 Å². The Bertz CT molecular complexity index is 179. The van der Waals surface area contributed by atoms with E-state index in [0.717, 1.165) is 12.8 Å². The van der Waals surface area contributed by atoms with Crippen LogP contribution in [0.25, 0.3) is 0 Å². The number of hydrogen-bond donors (Lipinski definition) is 0. The summed E-state index contributed by atoms with van der Waals surface area (Å²) in [5.41, 5.74) is 0. The molecule has 3 nitrogen and oxygen atoms in total. The van der Waals surface area contributed by atoms with E-state index in [1.807, 2.05) is 6.92 Å². The summed E-state index contributed by atoms with van der Waals surface area (Å²) in [7, 11) is -3.21. The zero-order valence-electron chi connectivity index (χ0n) is 6.59. The second kappa shape index (κ2) is 5.80. The molecule has 0 aliphatic carbocycles. The Balaban J connectivity index is 3.56. The Kier molecular flexibility index (Phi) is 5.91. The molecule has 0 saturated carbocycles. The van der Waals surface area contributed by atoms with E-state index >= 15 is 0 Å². The largest absolute Gasteiger partial charge is 0.229 e. The van der Waals surface area contributed by atoms with E-state index in [9.17, 15) is 8.42 Å². The van der Waals surface area contributed by atoms with E-state index in [1.54, 1.807) is 0 Å². The van der Waals surface area contributed by atoms with Gasteiger partial charge in [0.2, 0.25) is 10.0 Å². The number of rotatable bonds is 6. The zero-order valence-corrected chi connectivity index (χ0v) is 8.16. The Morgan fingerprint density at radius 2 is 2.09 bits per heavy atom. The van der Waals surface area contributed by atoms with Gasteiger partial charge in [0.15, 0.2) is 0 Å². The Hall–Kier alpha value is 0.200. The zero-order chi connectivity index (χ0) is 8.74. The fourth-order valence-corrected chi connectivity index (χ4v) is 1.84. The van der Waals surface area contributed by atoms with E-state index in [-0.39, 0.29) is 11.6 Å². The molecule has 0 aliphatic rings. The SMILES string of the molecule is CCCC[N]S(=O)(=O)CCCl. The Morgan fingerprint density at radius 1 is 1.45 bits per heavy atom. The Morgan fingerprint density at radius 3 is 2.55 bits per heavy atom. The van der Waals surface area contributed by atoms with Crippen LogP contribution in [0.1, 0.15) is 19.8 Å². The summed E-state index contributed by atoms with van der Waals surface area (Å²) in [5.74, 6) is 0.0796. The van der Waals surface area contributed by atoms with Crippen molar-refractivity contribution in [3.8, 4) is 0 Å². The first-order chi connectivity index (χ1) is 5.12. The molecule has 0 fully saturated rings. The van der Waals surface area contributed by atoms with Gasteiger partial charge in [-0.25, -0.2) is 8.42 Å². The summed E-state index contributed by atoms with van der Waals surface area (Å²) in [5, 5.41) is 0. The minimum atomic E-state index is -3.21. The van der Waals surface area contributed by atoms with Crippen LogP contribution < -0.4 is 4.72 Å². The van der Waals surface area contributed by atoms with Gasteiger partial charge in [0, 0.05) is 12.4 Å². The van der Waals surface area contributed by atoms with Crippen molar-refractivity contribution in [3.63, 3.8) is 0 Å². The topological polar surface area (TPSA) is 48.2 Å². The van der Waals surface area contributed by atoms with Crippen molar-refractivity contribution in [3.05, 3.63) is 0 Å². The Labute approximate surface area is 73.2 Å². The molecule has 11 heavy (non-hydrogen) atoms. The maximum atomic E-state index is 10.9. The van der Waals surface area contributed by atoms with Crippen LogP contribution in [-0.2, 0) is 10.0 Å². The van der Waals surface area contributed by atoms with Crippen molar-refractivity contribution in [2.75, 3.05) is 18.2 Å². The normalized spacial score (nSPS) is 11.8. The first kappa shape index (κ1) is 11.2. The van der Waals surface area contributed by atoms with Crippen LogP contribution in [0.4, 0.5) is 0 Å². The van der Waals surface area contributed by atoms with Gasteiger partial charge < -0.3 is 0 Å². The molecule has 67 valence electrons. The van der Waals surface area contributed by atoms with Gasteiger partial charge in [0.25, 0.3) is 0 Å². The fourth-order valence-electron chi connectivity index (χ4n) is 0.524. The van der Waals surface area contributed by atoms with Gasteiger partial charge in [-0.3, -0.25) is 0 Å². The highest BCUT2D eigenvalue weighted by Crippen LogP contribution is 1.91. The van der Waals surface area contributed by atoms with E-state index < -0.39 is 10.0 Å². The van der Waals surface area contributed by atoms with E-state index in [2.05, 4.69) is 4.72 Å². The molecule has 0 saturated heterocycles. The minimum Gasteiger partial charge on any atom is -0.211 e. The highest BCUT2D eigenvalue weighted by Gasteiger charge is 2.08. The third kappa shape index (κ3) is 6.59. The monoisotopic (exact) mass is 198 g/mol. The lowest BCUT2D eigenvalue weighted by molar-refractivity contribution is 0.578. The highest BCUT2D eigenvalue weighted by molar-refractivity contribution is 7.89. The first-order valence-corrected chi connectivity index (χ1v) is 5.74. The number of nitrogens with zero attached hydrogens (tertiary/aromatic N) is 1. The van der Waals surface area contributed by atoms with E-state index in [1.165, 1.54) is 0 Å². The van der Waals surface area contributed by atoms with Gasteiger partial charge in [0.05, 0.1) is 5.75 Å². The predicted octanol–water partition coefficient (Wildman–Crippen LogP) is 0.960. The first-order valence-electron chi connectivity index (χ1n) is 3.60. The fraction of sp³-hybridized carbons (Fsp3) is 1.00. The van der Waals surface area contributed by atoms with E-state index in [4.69, 9.17) is 11.6 Å². The van der Waals surface area contributed by atoms with Crippen molar-refractivity contribution in [2.24, 2.45) is 0 Å². The minimum absolute atomic E-state index is 0.0434. The number of hydrogen-bond acceptors (Lipinski definition) is 2. The van der Waals surface area contributed by atoms with E-state index in [0.29, 0.717) is 6.54 Å². The molecule has 0 aromatic heterocycles. The summed E-state index contributed by atoms with van der Waals surface area (Å²) >= 11 is 5.26. The lowest BCUT2D eigenvalue weighted by Gasteiger charge is -1.99. The van der Waals surface area contributed by atoms with Crippen molar-refractivity contribution in [2.45, 2.75) is 19.8 Å². The van der Waals surface area contributed by atoms with Crippen LogP contribution in [0, 0.1) is 0 Å². The van der Waals surface area contributed by atoms with Crippen molar-refractivity contribution >= 4 is 21.6 Å². The lowest BCUT2D eigenvalue weighted by Crippen LogP contribution is -2.21.